The van der Waals surface area contributed by atoms with Crippen LogP contribution in [-0.4, -0.2) is 27.6 Å². The third-order valence-electron chi connectivity index (χ3n) is 2.82. The molecule has 0 amide bonds. The largest absolute Gasteiger partial charge is 0.495 e. The van der Waals surface area contributed by atoms with Gasteiger partial charge in [-0.3, -0.25) is 0 Å². The standard InChI is InChI=1S/C14H21NO5S/c1-9(2)7-10(3)20-14(16)11-5-6-12(19-4)13(8-11)21(15,17)18/h5-6,8-10H,7H2,1-4H3,(H2,15,17,18). The van der Waals surface area contributed by atoms with Crippen LogP contribution in [0.5, 0.6) is 5.75 Å². The van der Waals surface area contributed by atoms with E-state index in [4.69, 9.17) is 14.6 Å². The van der Waals surface area contributed by atoms with E-state index in [-0.39, 0.29) is 22.3 Å². The Morgan fingerprint density at radius 2 is 1.90 bits per heavy atom. The molecule has 7 heteroatoms. The Hall–Kier alpha value is -1.60. The zero-order valence-corrected chi connectivity index (χ0v) is 13.4. The highest BCUT2D eigenvalue weighted by molar-refractivity contribution is 7.89. The molecule has 0 heterocycles. The van der Waals surface area contributed by atoms with E-state index in [1.165, 1.54) is 25.3 Å². The highest BCUT2D eigenvalue weighted by Crippen LogP contribution is 2.24. The van der Waals surface area contributed by atoms with Crippen LogP contribution >= 0.6 is 0 Å². The molecule has 0 aliphatic carbocycles. The molecule has 1 rings (SSSR count). The van der Waals surface area contributed by atoms with Crippen LogP contribution in [0.3, 0.4) is 0 Å². The van der Waals surface area contributed by atoms with Crippen LogP contribution in [0, 0.1) is 5.92 Å². The second kappa shape index (κ2) is 6.91. The molecular formula is C14H21NO5S. The van der Waals surface area contributed by atoms with E-state index in [0.29, 0.717) is 5.92 Å². The van der Waals surface area contributed by atoms with Crippen LogP contribution in [0.4, 0.5) is 0 Å². The summed E-state index contributed by atoms with van der Waals surface area (Å²) in [5, 5.41) is 5.11. The lowest BCUT2D eigenvalue weighted by Crippen LogP contribution is -2.18. The second-order valence-electron chi connectivity index (χ2n) is 5.26. The maximum atomic E-state index is 12.0. The molecule has 0 radical (unpaired) electrons. The van der Waals surface area contributed by atoms with Crippen molar-refractivity contribution in [2.75, 3.05) is 7.11 Å². The number of sulfonamides is 1. The van der Waals surface area contributed by atoms with Gasteiger partial charge in [0.05, 0.1) is 18.8 Å². The second-order valence-corrected chi connectivity index (χ2v) is 6.79. The van der Waals surface area contributed by atoms with E-state index in [0.717, 1.165) is 6.42 Å². The van der Waals surface area contributed by atoms with Gasteiger partial charge in [-0.05, 0) is 37.5 Å². The minimum absolute atomic E-state index is 0.0873. The maximum Gasteiger partial charge on any atom is 0.338 e. The number of carbonyl (C=O) groups excluding carboxylic acids is 1. The smallest absolute Gasteiger partial charge is 0.338 e. The van der Waals surface area contributed by atoms with E-state index in [1.54, 1.807) is 6.92 Å². The van der Waals surface area contributed by atoms with Gasteiger partial charge in [0.15, 0.2) is 0 Å². The molecule has 1 atom stereocenters. The minimum atomic E-state index is -3.98. The van der Waals surface area contributed by atoms with Crippen LogP contribution in [-0.2, 0) is 14.8 Å². The normalized spacial score (nSPS) is 13.0. The number of methoxy groups -OCH3 is 1. The first-order valence-electron chi connectivity index (χ1n) is 6.57. The maximum absolute atomic E-state index is 12.0. The highest BCUT2D eigenvalue weighted by atomic mass is 32.2. The van der Waals surface area contributed by atoms with Crippen molar-refractivity contribution >= 4 is 16.0 Å². The van der Waals surface area contributed by atoms with Crippen molar-refractivity contribution in [3.8, 4) is 5.75 Å². The van der Waals surface area contributed by atoms with E-state index in [1.807, 2.05) is 13.8 Å². The summed E-state index contributed by atoms with van der Waals surface area (Å²) in [6.45, 7) is 5.84. The molecule has 0 fully saturated rings. The molecule has 118 valence electrons. The Labute approximate surface area is 125 Å². The predicted octanol–water partition coefficient (Wildman–Crippen LogP) is 1.93. The third kappa shape index (κ3) is 5.02. The number of ether oxygens (including phenoxy) is 2. The summed E-state index contributed by atoms with van der Waals surface area (Å²) >= 11 is 0. The molecule has 0 spiro atoms. The average molecular weight is 315 g/mol. The zero-order valence-electron chi connectivity index (χ0n) is 12.6. The van der Waals surface area contributed by atoms with Crippen LogP contribution in [0.1, 0.15) is 37.6 Å². The summed E-state index contributed by atoms with van der Waals surface area (Å²) in [5.74, 6) is -0.108. The van der Waals surface area contributed by atoms with Gasteiger partial charge in [0, 0.05) is 0 Å². The van der Waals surface area contributed by atoms with Crippen LogP contribution in [0.25, 0.3) is 0 Å². The predicted molar refractivity (Wildman–Crippen MR) is 78.7 cm³/mol. The van der Waals surface area contributed by atoms with Crippen molar-refractivity contribution in [3.05, 3.63) is 23.8 Å². The molecule has 0 aliphatic rings. The number of carbonyl (C=O) groups is 1. The molecule has 1 aromatic rings. The van der Waals surface area contributed by atoms with Crippen LogP contribution < -0.4 is 9.88 Å². The first-order valence-corrected chi connectivity index (χ1v) is 8.11. The fourth-order valence-electron chi connectivity index (χ4n) is 1.99. The zero-order chi connectivity index (χ0) is 16.2. The molecule has 0 saturated carbocycles. The number of hydrogen-bond acceptors (Lipinski definition) is 5. The number of rotatable bonds is 6. The van der Waals surface area contributed by atoms with Gasteiger partial charge in [0.25, 0.3) is 0 Å². The Morgan fingerprint density at radius 1 is 1.29 bits per heavy atom. The van der Waals surface area contributed by atoms with Gasteiger partial charge >= 0.3 is 5.97 Å². The van der Waals surface area contributed by atoms with E-state index >= 15 is 0 Å². The lowest BCUT2D eigenvalue weighted by molar-refractivity contribution is 0.0299. The summed E-state index contributed by atoms with van der Waals surface area (Å²) in [7, 11) is -2.66. The fourth-order valence-corrected chi connectivity index (χ4v) is 2.71. The van der Waals surface area contributed by atoms with Gasteiger partial charge in [0.2, 0.25) is 10.0 Å². The van der Waals surface area contributed by atoms with Gasteiger partial charge < -0.3 is 9.47 Å². The Balaban J connectivity index is 3.02. The van der Waals surface area contributed by atoms with E-state index in [9.17, 15) is 13.2 Å². The molecule has 6 nitrogen and oxygen atoms in total. The molecule has 0 bridgehead atoms. The molecule has 1 aromatic carbocycles. The number of hydrogen-bond donors (Lipinski definition) is 1. The first kappa shape index (κ1) is 17.5. The number of esters is 1. The SMILES string of the molecule is COc1ccc(C(=O)OC(C)CC(C)C)cc1S(N)(=O)=O. The monoisotopic (exact) mass is 315 g/mol. The highest BCUT2D eigenvalue weighted by Gasteiger charge is 2.20. The number of benzene rings is 1. The summed E-state index contributed by atoms with van der Waals surface area (Å²) in [6, 6.07) is 3.99. The van der Waals surface area contributed by atoms with Gasteiger partial charge in [-0.1, -0.05) is 13.8 Å². The van der Waals surface area contributed by atoms with Crippen molar-refractivity contribution in [3.63, 3.8) is 0 Å². The van der Waals surface area contributed by atoms with Crippen molar-refractivity contribution in [2.45, 2.75) is 38.2 Å². The van der Waals surface area contributed by atoms with E-state index < -0.39 is 16.0 Å². The lowest BCUT2D eigenvalue weighted by atomic mass is 10.1. The van der Waals surface area contributed by atoms with E-state index in [2.05, 4.69) is 0 Å². The van der Waals surface area contributed by atoms with Gasteiger partial charge in [-0.2, -0.15) is 0 Å². The molecule has 2 N–H and O–H groups in total. The fraction of sp³-hybridized carbons (Fsp3) is 0.500. The summed E-state index contributed by atoms with van der Waals surface area (Å²) in [6.07, 6.45) is 0.474. The van der Waals surface area contributed by atoms with Crippen LogP contribution in [0.2, 0.25) is 0 Å². The molecule has 21 heavy (non-hydrogen) atoms. The Bertz CT molecular complexity index is 610. The van der Waals surface area contributed by atoms with Crippen molar-refractivity contribution in [1.82, 2.24) is 0 Å². The molecule has 0 saturated heterocycles. The van der Waals surface area contributed by atoms with Crippen LogP contribution in [0.15, 0.2) is 23.1 Å². The average Bonchev–Trinajstić information content (AvgIpc) is 2.35. The summed E-state index contributed by atoms with van der Waals surface area (Å²) < 4.78 is 33.2. The lowest BCUT2D eigenvalue weighted by Gasteiger charge is -2.15. The molecule has 0 aromatic heterocycles. The minimum Gasteiger partial charge on any atom is -0.495 e. The summed E-state index contributed by atoms with van der Waals surface area (Å²) in [5.41, 5.74) is 0.121. The van der Waals surface area contributed by atoms with Crippen molar-refractivity contribution in [1.29, 1.82) is 0 Å². The van der Waals surface area contributed by atoms with Gasteiger partial charge in [0.1, 0.15) is 10.6 Å². The molecule has 1 unspecified atom stereocenters. The third-order valence-corrected chi connectivity index (χ3v) is 3.75. The first-order chi connectivity index (χ1) is 9.65. The molecule has 0 aliphatic heterocycles. The topological polar surface area (TPSA) is 95.7 Å². The van der Waals surface area contributed by atoms with Gasteiger partial charge in [-0.15, -0.1) is 0 Å². The quantitative estimate of drug-likeness (QED) is 0.809. The number of nitrogens with two attached hydrogens (primary N) is 1. The number of primary sulfonamides is 1. The molecular weight excluding hydrogens is 294 g/mol. The van der Waals surface area contributed by atoms with Gasteiger partial charge in [-0.25, -0.2) is 18.4 Å². The summed E-state index contributed by atoms with van der Waals surface area (Å²) in [4.78, 5) is 11.8. The Kier molecular flexibility index (Phi) is 5.74. The Morgan fingerprint density at radius 3 is 2.38 bits per heavy atom. The van der Waals surface area contributed by atoms with Crippen molar-refractivity contribution < 1.29 is 22.7 Å². The van der Waals surface area contributed by atoms with Crippen molar-refractivity contribution in [2.24, 2.45) is 11.1 Å².